The monoisotopic (exact) mass is 474 g/mol. The van der Waals surface area contributed by atoms with E-state index in [1.165, 1.54) is 11.8 Å². The van der Waals surface area contributed by atoms with Crippen LogP contribution in [-0.2, 0) is 14.3 Å². The summed E-state index contributed by atoms with van der Waals surface area (Å²) in [4.78, 5) is 28.7. The van der Waals surface area contributed by atoms with Gasteiger partial charge in [-0.05, 0) is 77.4 Å². The maximum absolute atomic E-state index is 12.3. The highest BCUT2D eigenvalue weighted by atomic mass is 79.9. The zero-order valence-electron chi connectivity index (χ0n) is 15.9. The number of carbonyl (C=O) groups excluding carboxylic acids is 2. The molecule has 8 heteroatoms. The Kier molecular flexibility index (Phi) is 7.11. The molecule has 0 unspecified atom stereocenters. The van der Waals surface area contributed by atoms with Gasteiger partial charge in [0.15, 0.2) is 11.8 Å². The van der Waals surface area contributed by atoms with Gasteiger partial charge in [0, 0.05) is 0 Å². The van der Waals surface area contributed by atoms with Crippen molar-refractivity contribution in [3.8, 4) is 5.75 Å². The van der Waals surface area contributed by atoms with Crippen LogP contribution in [0.15, 0.2) is 56.8 Å². The van der Waals surface area contributed by atoms with Gasteiger partial charge in [-0.1, -0.05) is 23.8 Å². The van der Waals surface area contributed by atoms with Crippen molar-refractivity contribution >= 4 is 56.5 Å². The Morgan fingerprint density at radius 2 is 2.00 bits per heavy atom. The van der Waals surface area contributed by atoms with Gasteiger partial charge in [0.05, 0.1) is 21.7 Å². The number of nitrogens with zero attached hydrogens (tertiary/aromatic N) is 1. The Bertz CT molecular complexity index is 987. The third-order valence-electron chi connectivity index (χ3n) is 3.82. The zero-order valence-corrected chi connectivity index (χ0v) is 18.3. The molecule has 0 spiro atoms. The second-order valence-electron chi connectivity index (χ2n) is 6.10. The van der Waals surface area contributed by atoms with Gasteiger partial charge in [-0.3, -0.25) is 4.79 Å². The standard InChI is InChI=1S/C21H19BrN2O4S/c1-3-27-19(25)12-28-17-9-6-14(10-16(17)22)11-18-20(26)24-21(29-18)23-15-7-4-13(2)5-8-15/h4-11H,3,12H2,1-2H3,(H,23,24,26)/b18-11+. The highest BCUT2D eigenvalue weighted by molar-refractivity contribution is 9.10. The number of amides is 1. The SMILES string of the molecule is CCOC(=O)COc1ccc(/C=C2/SC(=Nc3ccc(C)cc3)NC2=O)cc1Br. The first-order valence-electron chi connectivity index (χ1n) is 8.89. The largest absolute Gasteiger partial charge is 0.481 e. The first kappa shape index (κ1) is 21.1. The van der Waals surface area contributed by atoms with Crippen LogP contribution < -0.4 is 10.1 Å². The fourth-order valence-electron chi connectivity index (χ4n) is 2.43. The number of rotatable bonds is 6. The van der Waals surface area contributed by atoms with E-state index in [9.17, 15) is 9.59 Å². The van der Waals surface area contributed by atoms with Crippen LogP contribution >= 0.6 is 27.7 Å². The molecule has 1 aliphatic heterocycles. The van der Waals surface area contributed by atoms with E-state index in [0.717, 1.165) is 16.8 Å². The van der Waals surface area contributed by atoms with Crippen LogP contribution in [0.1, 0.15) is 18.1 Å². The number of thioether (sulfide) groups is 1. The number of carbonyl (C=O) groups is 2. The van der Waals surface area contributed by atoms with Crippen molar-refractivity contribution in [1.29, 1.82) is 0 Å². The molecule has 3 rings (SSSR count). The highest BCUT2D eigenvalue weighted by Gasteiger charge is 2.23. The molecular formula is C21H19BrN2O4S. The van der Waals surface area contributed by atoms with Gasteiger partial charge in [-0.15, -0.1) is 0 Å². The number of halogens is 1. The predicted molar refractivity (Wildman–Crippen MR) is 118 cm³/mol. The second kappa shape index (κ2) is 9.76. The summed E-state index contributed by atoms with van der Waals surface area (Å²) in [6.07, 6.45) is 1.78. The summed E-state index contributed by atoms with van der Waals surface area (Å²) in [5, 5.41) is 3.32. The average molecular weight is 475 g/mol. The molecule has 1 amide bonds. The number of aliphatic imine (C=N–C) groups is 1. The summed E-state index contributed by atoms with van der Waals surface area (Å²) >= 11 is 4.71. The summed E-state index contributed by atoms with van der Waals surface area (Å²) in [5.74, 6) is -0.102. The molecule has 1 saturated heterocycles. The highest BCUT2D eigenvalue weighted by Crippen LogP contribution is 2.31. The first-order chi connectivity index (χ1) is 13.9. The lowest BCUT2D eigenvalue weighted by molar-refractivity contribution is -0.145. The third kappa shape index (κ3) is 5.95. The quantitative estimate of drug-likeness (QED) is 0.489. The number of ether oxygens (including phenoxy) is 2. The van der Waals surface area contributed by atoms with Crippen LogP contribution in [0.3, 0.4) is 0 Å². The Morgan fingerprint density at radius 3 is 2.69 bits per heavy atom. The minimum Gasteiger partial charge on any atom is -0.481 e. The molecule has 1 heterocycles. The van der Waals surface area contributed by atoms with Crippen molar-refractivity contribution in [2.75, 3.05) is 13.2 Å². The first-order valence-corrected chi connectivity index (χ1v) is 10.5. The molecule has 1 N–H and O–H groups in total. The fourth-order valence-corrected chi connectivity index (χ4v) is 3.78. The lowest BCUT2D eigenvalue weighted by atomic mass is 10.2. The normalized spacial score (nSPS) is 16.2. The predicted octanol–water partition coefficient (Wildman–Crippen LogP) is 4.59. The molecule has 0 saturated carbocycles. The van der Waals surface area contributed by atoms with Crippen LogP contribution in [0.5, 0.6) is 5.75 Å². The zero-order chi connectivity index (χ0) is 20.8. The number of aryl methyl sites for hydroxylation is 1. The molecule has 0 aromatic heterocycles. The van der Waals surface area contributed by atoms with E-state index < -0.39 is 5.97 Å². The van der Waals surface area contributed by atoms with E-state index in [4.69, 9.17) is 9.47 Å². The Labute approximate surface area is 181 Å². The maximum Gasteiger partial charge on any atom is 0.344 e. The van der Waals surface area contributed by atoms with E-state index in [1.807, 2.05) is 37.3 Å². The maximum atomic E-state index is 12.3. The second-order valence-corrected chi connectivity index (χ2v) is 7.99. The minimum absolute atomic E-state index is 0.163. The van der Waals surface area contributed by atoms with Crippen molar-refractivity contribution in [1.82, 2.24) is 5.32 Å². The van der Waals surface area contributed by atoms with Gasteiger partial charge >= 0.3 is 5.97 Å². The Morgan fingerprint density at radius 1 is 1.24 bits per heavy atom. The minimum atomic E-state index is -0.426. The van der Waals surface area contributed by atoms with Gasteiger partial charge in [0.25, 0.3) is 5.91 Å². The molecule has 0 atom stereocenters. The van der Waals surface area contributed by atoms with Crippen molar-refractivity contribution in [3.05, 3.63) is 63.0 Å². The molecule has 6 nitrogen and oxygen atoms in total. The van der Waals surface area contributed by atoms with Crippen molar-refractivity contribution in [2.45, 2.75) is 13.8 Å². The van der Waals surface area contributed by atoms with Crippen LogP contribution in [-0.4, -0.2) is 30.3 Å². The van der Waals surface area contributed by atoms with Crippen molar-refractivity contribution in [2.24, 2.45) is 4.99 Å². The molecule has 0 aliphatic carbocycles. The number of nitrogens with one attached hydrogen (secondary N) is 1. The van der Waals surface area contributed by atoms with E-state index in [1.54, 1.807) is 25.1 Å². The van der Waals surface area contributed by atoms with E-state index in [-0.39, 0.29) is 12.5 Å². The van der Waals surface area contributed by atoms with Gasteiger partial charge in [-0.2, -0.15) is 0 Å². The van der Waals surface area contributed by atoms with Crippen molar-refractivity contribution in [3.63, 3.8) is 0 Å². The van der Waals surface area contributed by atoms with Gasteiger partial charge in [0.1, 0.15) is 5.75 Å². The number of hydrogen-bond acceptors (Lipinski definition) is 6. The summed E-state index contributed by atoms with van der Waals surface area (Å²) in [6.45, 7) is 3.90. The Balaban J connectivity index is 1.69. The van der Waals surface area contributed by atoms with E-state index in [0.29, 0.717) is 26.9 Å². The summed E-state index contributed by atoms with van der Waals surface area (Å²) in [5.41, 5.74) is 2.75. The summed E-state index contributed by atoms with van der Waals surface area (Å²) < 4.78 is 11.0. The van der Waals surface area contributed by atoms with Gasteiger partial charge < -0.3 is 14.8 Å². The molecule has 2 aromatic rings. The molecule has 0 radical (unpaired) electrons. The number of esters is 1. The summed E-state index contributed by atoms with van der Waals surface area (Å²) in [6, 6.07) is 13.1. The molecule has 1 fully saturated rings. The Hall–Kier alpha value is -2.58. The topological polar surface area (TPSA) is 77.0 Å². The van der Waals surface area contributed by atoms with E-state index >= 15 is 0 Å². The smallest absolute Gasteiger partial charge is 0.344 e. The van der Waals surface area contributed by atoms with Crippen LogP contribution in [0, 0.1) is 6.92 Å². The molecule has 1 aliphatic rings. The lowest BCUT2D eigenvalue weighted by Gasteiger charge is -2.08. The molecule has 29 heavy (non-hydrogen) atoms. The van der Waals surface area contributed by atoms with Gasteiger partial charge in [-0.25, -0.2) is 9.79 Å². The summed E-state index contributed by atoms with van der Waals surface area (Å²) in [7, 11) is 0. The molecule has 2 aromatic carbocycles. The number of hydrogen-bond donors (Lipinski definition) is 1. The number of benzene rings is 2. The van der Waals surface area contributed by atoms with Crippen molar-refractivity contribution < 1.29 is 19.1 Å². The molecular weight excluding hydrogens is 456 g/mol. The van der Waals surface area contributed by atoms with Crippen LogP contribution in [0.25, 0.3) is 6.08 Å². The molecule has 150 valence electrons. The third-order valence-corrected chi connectivity index (χ3v) is 5.35. The van der Waals surface area contributed by atoms with Crippen LogP contribution in [0.4, 0.5) is 5.69 Å². The molecule has 0 bridgehead atoms. The van der Waals surface area contributed by atoms with E-state index in [2.05, 4.69) is 26.2 Å². The van der Waals surface area contributed by atoms with Crippen LogP contribution in [0.2, 0.25) is 0 Å². The lowest BCUT2D eigenvalue weighted by Crippen LogP contribution is -2.19. The number of amidine groups is 1. The average Bonchev–Trinajstić information content (AvgIpc) is 3.02. The van der Waals surface area contributed by atoms with Gasteiger partial charge in [0.2, 0.25) is 0 Å². The fraction of sp³-hybridized carbons (Fsp3) is 0.190.